The fourth-order valence-corrected chi connectivity index (χ4v) is 8.78. The van der Waals surface area contributed by atoms with Gasteiger partial charge in [-0.25, -0.2) is 25.3 Å². The number of hydrogen-bond donors (Lipinski definition) is 0. The standard InChI is InChI=1S/C18H19N2.C17H16BrN2.C17H17N2.3CH4O4S/c1-14-17(15-10-6-4-7-11-15)19(2)20(3)18(14)16-12-8-5-9-13-16;1-19-16(13-9-5-3-6-10-13)15(18)17(20(19)2)14-11-7-4-8-12-14;1-18-16(14-9-5-3-6-10-14)13-17(19(18)2)15-11-7-4-8-12-15;3*1-5-6(2,3)4/h4-13H,1-3H3;3-12H,1-2H3;3-13H,1-2H3;3*1H3,(H,2,3,4)/q3*+1;;;/p-3. The summed E-state index contributed by atoms with van der Waals surface area (Å²) in [5.41, 5.74) is 16.1. The first-order valence-corrected chi connectivity index (χ1v) is 27.9. The summed E-state index contributed by atoms with van der Waals surface area (Å²) in [4.78, 5) is 0. The number of rotatable bonds is 9. The summed E-state index contributed by atoms with van der Waals surface area (Å²) in [6, 6.07) is 65.2. The number of hydrogen-bond acceptors (Lipinski definition) is 12. The molecule has 77 heavy (non-hydrogen) atoms. The first-order chi connectivity index (χ1) is 36.3. The Morgan fingerprint density at radius 1 is 0.403 bits per heavy atom. The van der Waals surface area contributed by atoms with Crippen LogP contribution in [0.1, 0.15) is 5.56 Å². The van der Waals surface area contributed by atoms with E-state index in [1.54, 1.807) is 0 Å². The molecule has 18 nitrogen and oxygen atoms in total. The van der Waals surface area contributed by atoms with Gasteiger partial charge in [0.1, 0.15) is 21.6 Å². The van der Waals surface area contributed by atoms with Crippen molar-refractivity contribution in [2.24, 2.45) is 42.3 Å². The second kappa shape index (κ2) is 29.0. The zero-order chi connectivity index (χ0) is 57.1. The van der Waals surface area contributed by atoms with Crippen molar-refractivity contribution in [1.82, 2.24) is 14.0 Å². The van der Waals surface area contributed by atoms with E-state index in [9.17, 15) is 38.9 Å². The lowest BCUT2D eigenvalue weighted by Gasteiger charge is -2.00. The van der Waals surface area contributed by atoms with Gasteiger partial charge >= 0.3 is 0 Å². The van der Waals surface area contributed by atoms with E-state index in [2.05, 4.69) is 270 Å². The van der Waals surface area contributed by atoms with Gasteiger partial charge in [-0.05, 0) is 59.3 Å². The fourth-order valence-electron chi connectivity index (χ4n) is 7.81. The van der Waals surface area contributed by atoms with E-state index < -0.39 is 31.2 Å². The number of aromatic nitrogens is 6. The Morgan fingerprint density at radius 2 is 0.675 bits per heavy atom. The molecule has 22 heteroatoms. The van der Waals surface area contributed by atoms with Crippen LogP contribution >= 0.6 is 15.9 Å². The highest BCUT2D eigenvalue weighted by atomic mass is 79.9. The van der Waals surface area contributed by atoms with Gasteiger partial charge in [0.25, 0.3) is 5.69 Å². The molecule has 0 aliphatic rings. The summed E-state index contributed by atoms with van der Waals surface area (Å²) in [6.45, 7) is 2.20. The zero-order valence-electron chi connectivity index (χ0n) is 44.1. The summed E-state index contributed by atoms with van der Waals surface area (Å²) in [5, 5.41) is 0. The number of benzene rings is 6. The molecule has 9 aromatic rings. The molecule has 0 saturated carbocycles. The highest BCUT2D eigenvalue weighted by molar-refractivity contribution is 9.10. The maximum Gasteiger partial charge on any atom is 0.253 e. The normalized spacial score (nSPS) is 10.9. The Kier molecular flexibility index (Phi) is 23.5. The molecule has 0 amide bonds. The summed E-state index contributed by atoms with van der Waals surface area (Å²) >= 11 is 3.78. The summed E-state index contributed by atoms with van der Waals surface area (Å²) < 4.78 is 107. The van der Waals surface area contributed by atoms with Crippen LogP contribution in [0.5, 0.6) is 0 Å². The van der Waals surface area contributed by atoms with Gasteiger partial charge in [0.05, 0.1) is 48.0 Å². The average molecular weight is 1170 g/mol. The van der Waals surface area contributed by atoms with Crippen molar-refractivity contribution in [2.45, 2.75) is 6.92 Å². The second-order valence-electron chi connectivity index (χ2n) is 16.3. The average Bonchev–Trinajstić information content (AvgIpc) is 3.95. The lowest BCUT2D eigenvalue weighted by molar-refractivity contribution is -0.740. The van der Waals surface area contributed by atoms with Crippen LogP contribution in [0.2, 0.25) is 0 Å². The summed E-state index contributed by atoms with van der Waals surface area (Å²) in [6.07, 6.45) is 0. The van der Waals surface area contributed by atoms with E-state index in [-0.39, 0.29) is 0 Å². The monoisotopic (exact) mass is 1170 g/mol. The third-order valence-corrected chi connectivity index (χ3v) is 13.7. The molecule has 9 rings (SSSR count). The molecule has 0 bridgehead atoms. The van der Waals surface area contributed by atoms with E-state index in [0.717, 1.165) is 25.8 Å². The number of nitrogens with zero attached hydrogens (tertiary/aromatic N) is 6. The fraction of sp³-hybridized carbons (Fsp3) is 0.182. The van der Waals surface area contributed by atoms with Crippen LogP contribution in [0.3, 0.4) is 0 Å². The molecule has 6 aromatic carbocycles. The first-order valence-electron chi connectivity index (χ1n) is 23.1. The van der Waals surface area contributed by atoms with Crippen molar-refractivity contribution in [2.75, 3.05) is 21.3 Å². The molecule has 3 aromatic heterocycles. The van der Waals surface area contributed by atoms with Crippen LogP contribution < -0.4 is 14.0 Å². The molecule has 3 heterocycles. The Morgan fingerprint density at radius 3 is 1.03 bits per heavy atom. The van der Waals surface area contributed by atoms with Gasteiger partial charge in [-0.2, -0.15) is 14.0 Å². The molecule has 0 fully saturated rings. The molecule has 0 unspecified atom stereocenters. The van der Waals surface area contributed by atoms with Crippen LogP contribution in [0.15, 0.2) is 193 Å². The topological polar surface area (TPSA) is 226 Å². The molecule has 0 saturated heterocycles. The highest BCUT2D eigenvalue weighted by Gasteiger charge is 2.27. The second-order valence-corrected chi connectivity index (χ2v) is 20.6. The minimum atomic E-state index is -4.41. The Hall–Kier alpha value is -6.96. The van der Waals surface area contributed by atoms with Crippen LogP contribution in [0.25, 0.3) is 67.5 Å². The third kappa shape index (κ3) is 18.3. The third-order valence-electron chi connectivity index (χ3n) is 11.7. The van der Waals surface area contributed by atoms with Gasteiger partial charge in [-0.3, -0.25) is 12.5 Å². The van der Waals surface area contributed by atoms with E-state index in [1.165, 1.54) is 73.1 Å². The predicted octanol–water partition coefficient (Wildman–Crippen LogP) is 7.90. The molecule has 0 atom stereocenters. The SMILES string of the molecule is COS(=O)(=O)[O-].COS(=O)(=O)[O-].COS(=O)(=O)[O-].Cc1c(-c2ccccc2)n(C)[n+](C)c1-c1ccccc1.Cn1c(-c2ccccc2)c(Br)c(-c2ccccc2)[n+]1C.Cn1c(-c2ccccc2)cc(-c2ccccc2)[n+]1C. The molecule has 0 spiro atoms. The predicted molar refractivity (Wildman–Crippen MR) is 295 cm³/mol. The molecular weight excluding hydrogens is 1110 g/mol. The Labute approximate surface area is 460 Å². The van der Waals surface area contributed by atoms with Crippen molar-refractivity contribution in [1.29, 1.82) is 0 Å². The Bertz CT molecular complexity index is 3230. The molecule has 0 N–H and O–H groups in total. The van der Waals surface area contributed by atoms with Crippen molar-refractivity contribution >= 4 is 47.1 Å². The molecule has 0 aliphatic heterocycles. The smallest absolute Gasteiger partial charge is 0.253 e. The van der Waals surface area contributed by atoms with Gasteiger partial charge in [-0.1, -0.05) is 146 Å². The van der Waals surface area contributed by atoms with E-state index in [4.69, 9.17) is 0 Å². The van der Waals surface area contributed by atoms with Crippen LogP contribution in [0, 0.1) is 6.92 Å². The molecule has 0 aliphatic carbocycles. The number of halogens is 1. The summed E-state index contributed by atoms with van der Waals surface area (Å²) in [7, 11) is 1.76. The quantitative estimate of drug-likeness (QED) is 0.0764. The molecule has 408 valence electrons. The van der Waals surface area contributed by atoms with E-state index in [0.29, 0.717) is 0 Å². The minimum absolute atomic E-state index is 0.808. The van der Waals surface area contributed by atoms with Crippen molar-refractivity contribution < 1.29 is 65.5 Å². The maximum atomic E-state index is 9.22. The lowest BCUT2D eigenvalue weighted by Crippen LogP contribution is -2.39. The molecule has 0 radical (unpaired) electrons. The van der Waals surface area contributed by atoms with Gasteiger partial charge < -0.3 is 13.7 Å². The van der Waals surface area contributed by atoms with E-state index >= 15 is 0 Å². The van der Waals surface area contributed by atoms with Crippen LogP contribution in [-0.4, -0.2) is 74.3 Å². The first kappa shape index (κ1) is 62.6. The van der Waals surface area contributed by atoms with Crippen molar-refractivity contribution in [3.8, 4) is 67.5 Å². The van der Waals surface area contributed by atoms with Crippen LogP contribution in [0.4, 0.5) is 0 Å². The zero-order valence-corrected chi connectivity index (χ0v) is 48.1. The minimum Gasteiger partial charge on any atom is -0.726 e. The van der Waals surface area contributed by atoms with E-state index in [1.807, 2.05) is 24.3 Å². The van der Waals surface area contributed by atoms with Gasteiger partial charge in [0, 0.05) is 39.4 Å². The van der Waals surface area contributed by atoms with Crippen LogP contribution in [-0.2, 0) is 86.0 Å². The summed E-state index contributed by atoms with van der Waals surface area (Å²) in [5.74, 6) is 0. The van der Waals surface area contributed by atoms with Gasteiger partial charge in [-0.15, -0.1) is 14.0 Å². The molecular formula is C55H61BrN6O12S3. The lowest BCUT2D eigenvalue weighted by atomic mass is 10.0. The van der Waals surface area contributed by atoms with Gasteiger partial charge in [0.2, 0.25) is 42.6 Å². The van der Waals surface area contributed by atoms with Crippen molar-refractivity contribution in [3.63, 3.8) is 0 Å². The largest absolute Gasteiger partial charge is 0.726 e. The van der Waals surface area contributed by atoms with Gasteiger partial charge in [0.15, 0.2) is 21.1 Å². The maximum absolute atomic E-state index is 9.22. The highest BCUT2D eigenvalue weighted by Crippen LogP contribution is 2.35. The van der Waals surface area contributed by atoms with Crippen molar-refractivity contribution in [3.05, 3.63) is 198 Å². The Balaban J connectivity index is 0.000000215.